The summed E-state index contributed by atoms with van der Waals surface area (Å²) < 4.78 is 15.5. The first kappa shape index (κ1) is 15.3. The lowest BCUT2D eigenvalue weighted by Gasteiger charge is -2.20. The van der Waals surface area contributed by atoms with Gasteiger partial charge in [0.1, 0.15) is 13.2 Å². The molecule has 0 saturated carbocycles. The van der Waals surface area contributed by atoms with E-state index < -0.39 is 6.04 Å². The molecule has 1 aromatic carbocycles. The zero-order valence-corrected chi connectivity index (χ0v) is 12.2. The average Bonchev–Trinajstić information content (AvgIpc) is 2.54. The summed E-state index contributed by atoms with van der Waals surface area (Å²) in [6, 6.07) is 4.68. The number of carbonyl (C=O) groups excluding carboxylic acids is 2. The van der Waals surface area contributed by atoms with E-state index in [-0.39, 0.29) is 18.2 Å². The maximum atomic E-state index is 12.5. The highest BCUT2D eigenvalue weighted by Crippen LogP contribution is 2.31. The largest absolute Gasteiger partial charge is 0.486 e. The Labute approximate surface area is 123 Å². The lowest BCUT2D eigenvalue weighted by atomic mass is 10.00. The summed E-state index contributed by atoms with van der Waals surface area (Å²) in [6.45, 7) is 0.987. The van der Waals surface area contributed by atoms with Crippen LogP contribution in [0.25, 0.3) is 0 Å². The molecular formula is C15H19NO5. The van der Waals surface area contributed by atoms with Crippen molar-refractivity contribution in [1.29, 1.82) is 0 Å². The van der Waals surface area contributed by atoms with Crippen molar-refractivity contribution in [3.63, 3.8) is 0 Å². The number of methoxy groups -OCH3 is 1. The van der Waals surface area contributed by atoms with Gasteiger partial charge in [-0.2, -0.15) is 0 Å². The van der Waals surface area contributed by atoms with Crippen LogP contribution in [0.15, 0.2) is 18.2 Å². The number of carbonyl (C=O) groups is 2. The summed E-state index contributed by atoms with van der Waals surface area (Å²) in [6.07, 6.45) is 0.578. The van der Waals surface area contributed by atoms with Gasteiger partial charge >= 0.3 is 5.97 Å². The quantitative estimate of drug-likeness (QED) is 0.627. The van der Waals surface area contributed by atoms with E-state index in [1.54, 1.807) is 25.2 Å². The number of Topliss-reactive ketones (excluding diaryl/α,β-unsaturated/α-hetero) is 1. The van der Waals surface area contributed by atoms with Crippen LogP contribution in [0.5, 0.6) is 11.5 Å². The number of nitrogens with one attached hydrogen (secondary N) is 1. The van der Waals surface area contributed by atoms with Gasteiger partial charge < -0.3 is 19.5 Å². The van der Waals surface area contributed by atoms with Crippen molar-refractivity contribution < 1.29 is 23.8 Å². The van der Waals surface area contributed by atoms with E-state index in [1.165, 1.54) is 7.11 Å². The third kappa shape index (κ3) is 3.72. The summed E-state index contributed by atoms with van der Waals surface area (Å²) >= 11 is 0. The predicted octanol–water partition coefficient (Wildman–Crippen LogP) is 1.18. The Hall–Kier alpha value is -2.08. The molecule has 6 heteroatoms. The minimum Gasteiger partial charge on any atom is -0.486 e. The summed E-state index contributed by atoms with van der Waals surface area (Å²) in [5.74, 6) is 0.812. The number of esters is 1. The molecule has 0 fully saturated rings. The molecule has 0 spiro atoms. The van der Waals surface area contributed by atoms with E-state index in [9.17, 15) is 9.59 Å². The van der Waals surface area contributed by atoms with Crippen LogP contribution in [-0.2, 0) is 9.53 Å². The second-order valence-corrected chi connectivity index (χ2v) is 4.68. The summed E-state index contributed by atoms with van der Waals surface area (Å²) in [5.41, 5.74) is 0.531. The Morgan fingerprint density at radius 3 is 2.67 bits per heavy atom. The minimum absolute atomic E-state index is 0.0848. The first-order valence-electron chi connectivity index (χ1n) is 6.83. The van der Waals surface area contributed by atoms with Gasteiger partial charge in [-0.05, 0) is 31.7 Å². The fourth-order valence-corrected chi connectivity index (χ4v) is 2.17. The van der Waals surface area contributed by atoms with Crippen molar-refractivity contribution in [2.45, 2.75) is 18.9 Å². The normalized spacial score (nSPS) is 14.4. The third-order valence-corrected chi connectivity index (χ3v) is 3.36. The molecule has 1 aliphatic heterocycles. The van der Waals surface area contributed by atoms with Gasteiger partial charge in [-0.15, -0.1) is 0 Å². The van der Waals surface area contributed by atoms with Gasteiger partial charge in [0, 0.05) is 12.0 Å². The molecule has 1 atom stereocenters. The lowest BCUT2D eigenvalue weighted by Crippen LogP contribution is -2.34. The van der Waals surface area contributed by atoms with Gasteiger partial charge in [0.2, 0.25) is 0 Å². The van der Waals surface area contributed by atoms with Gasteiger partial charge in [0.05, 0.1) is 13.2 Å². The van der Waals surface area contributed by atoms with Crippen molar-refractivity contribution in [3.8, 4) is 11.5 Å². The molecule has 0 aliphatic carbocycles. The smallest absolute Gasteiger partial charge is 0.305 e. The standard InChI is InChI=1S/C15H19NO5/c1-16-11(4-6-14(17)19-2)15(18)10-3-5-12-13(9-10)21-8-7-20-12/h3,5,9,11,16H,4,6-8H2,1-2H3. The van der Waals surface area contributed by atoms with Gasteiger partial charge in [-0.3, -0.25) is 9.59 Å². The molecule has 0 aromatic heterocycles. The number of ether oxygens (including phenoxy) is 3. The minimum atomic E-state index is -0.438. The molecule has 0 saturated heterocycles. The van der Waals surface area contributed by atoms with Crippen molar-refractivity contribution in [1.82, 2.24) is 5.32 Å². The van der Waals surface area contributed by atoms with Crippen LogP contribution >= 0.6 is 0 Å². The van der Waals surface area contributed by atoms with Crippen LogP contribution in [0.2, 0.25) is 0 Å². The molecule has 6 nitrogen and oxygen atoms in total. The Morgan fingerprint density at radius 2 is 2.00 bits per heavy atom. The van der Waals surface area contributed by atoms with E-state index >= 15 is 0 Å². The summed E-state index contributed by atoms with van der Waals surface area (Å²) in [4.78, 5) is 23.6. The van der Waals surface area contributed by atoms with Crippen LogP contribution in [-0.4, -0.2) is 45.2 Å². The molecule has 21 heavy (non-hydrogen) atoms. The molecule has 1 aromatic rings. The molecule has 114 valence electrons. The number of hydrogen-bond acceptors (Lipinski definition) is 6. The predicted molar refractivity (Wildman–Crippen MR) is 75.9 cm³/mol. The molecule has 1 aliphatic rings. The van der Waals surface area contributed by atoms with Crippen LogP contribution in [0.1, 0.15) is 23.2 Å². The van der Waals surface area contributed by atoms with Crippen molar-refractivity contribution in [3.05, 3.63) is 23.8 Å². The Balaban J connectivity index is 2.08. The second kappa shape index (κ2) is 7.08. The fourth-order valence-electron chi connectivity index (χ4n) is 2.17. The van der Waals surface area contributed by atoms with Gasteiger partial charge in [-0.1, -0.05) is 0 Å². The van der Waals surface area contributed by atoms with Crippen LogP contribution in [0.4, 0.5) is 0 Å². The second-order valence-electron chi connectivity index (χ2n) is 4.68. The van der Waals surface area contributed by atoms with Gasteiger partial charge in [0.25, 0.3) is 0 Å². The zero-order valence-electron chi connectivity index (χ0n) is 12.2. The topological polar surface area (TPSA) is 73.9 Å². The summed E-state index contributed by atoms with van der Waals surface area (Å²) in [5, 5.41) is 2.93. The monoisotopic (exact) mass is 293 g/mol. The molecular weight excluding hydrogens is 274 g/mol. The zero-order chi connectivity index (χ0) is 15.2. The van der Waals surface area contributed by atoms with Crippen molar-refractivity contribution in [2.75, 3.05) is 27.4 Å². The van der Waals surface area contributed by atoms with E-state index in [2.05, 4.69) is 10.1 Å². The lowest BCUT2D eigenvalue weighted by molar-refractivity contribution is -0.140. The molecule has 1 unspecified atom stereocenters. The average molecular weight is 293 g/mol. The van der Waals surface area contributed by atoms with Crippen LogP contribution < -0.4 is 14.8 Å². The molecule has 1 N–H and O–H groups in total. The van der Waals surface area contributed by atoms with E-state index in [1.807, 2.05) is 0 Å². The number of benzene rings is 1. The first-order valence-corrected chi connectivity index (χ1v) is 6.83. The number of fused-ring (bicyclic) bond motifs is 1. The molecule has 1 heterocycles. The molecule has 0 radical (unpaired) electrons. The Kier molecular flexibility index (Phi) is 5.16. The number of rotatable bonds is 6. The van der Waals surface area contributed by atoms with Crippen molar-refractivity contribution >= 4 is 11.8 Å². The summed E-state index contributed by atoms with van der Waals surface area (Å²) in [7, 11) is 3.03. The number of likely N-dealkylation sites (N-methyl/N-ethyl adjacent to an activating group) is 1. The van der Waals surface area contributed by atoms with Gasteiger partial charge in [0.15, 0.2) is 17.3 Å². The highest BCUT2D eigenvalue weighted by atomic mass is 16.6. The maximum absolute atomic E-state index is 12.5. The number of ketones is 1. The van der Waals surface area contributed by atoms with Crippen LogP contribution in [0, 0.1) is 0 Å². The third-order valence-electron chi connectivity index (χ3n) is 3.36. The van der Waals surface area contributed by atoms with Gasteiger partial charge in [-0.25, -0.2) is 0 Å². The SMILES string of the molecule is CNC(CCC(=O)OC)C(=O)c1ccc2c(c1)OCCO2. The molecule has 0 bridgehead atoms. The van der Waals surface area contributed by atoms with E-state index in [0.717, 1.165) is 0 Å². The van der Waals surface area contributed by atoms with E-state index in [0.29, 0.717) is 36.7 Å². The first-order chi connectivity index (χ1) is 10.2. The fraction of sp³-hybridized carbons (Fsp3) is 0.467. The van der Waals surface area contributed by atoms with Crippen LogP contribution in [0.3, 0.4) is 0 Å². The van der Waals surface area contributed by atoms with Crippen molar-refractivity contribution in [2.24, 2.45) is 0 Å². The highest BCUT2D eigenvalue weighted by molar-refractivity contribution is 6.00. The van der Waals surface area contributed by atoms with E-state index in [4.69, 9.17) is 9.47 Å². The molecule has 2 rings (SSSR count). The number of hydrogen-bond donors (Lipinski definition) is 1. The highest BCUT2D eigenvalue weighted by Gasteiger charge is 2.22. The Morgan fingerprint density at radius 1 is 1.29 bits per heavy atom. The Bertz CT molecular complexity index is 529. The maximum Gasteiger partial charge on any atom is 0.305 e. The molecule has 0 amide bonds.